The number of carbonyl (C=O) groups excluding carboxylic acids is 3. The molecular formula is C29H28N2O5. The van der Waals surface area contributed by atoms with Gasteiger partial charge in [-0.05, 0) is 62.1 Å². The third-order valence-corrected chi connectivity index (χ3v) is 6.47. The fourth-order valence-electron chi connectivity index (χ4n) is 4.50. The van der Waals surface area contributed by atoms with Crippen molar-refractivity contribution in [2.45, 2.75) is 38.7 Å². The predicted octanol–water partition coefficient (Wildman–Crippen LogP) is 5.13. The summed E-state index contributed by atoms with van der Waals surface area (Å²) in [7, 11) is 0. The molecule has 0 aliphatic carbocycles. The third-order valence-electron chi connectivity index (χ3n) is 6.47. The number of hydrogen-bond donors (Lipinski definition) is 1. The summed E-state index contributed by atoms with van der Waals surface area (Å²) in [5.41, 5.74) is 3.63. The molecule has 2 heterocycles. The van der Waals surface area contributed by atoms with Crippen molar-refractivity contribution in [3.8, 4) is 11.5 Å². The summed E-state index contributed by atoms with van der Waals surface area (Å²) in [6.07, 6.45) is 2.72. The molecule has 1 N–H and O–H groups in total. The Morgan fingerprint density at radius 2 is 1.78 bits per heavy atom. The van der Waals surface area contributed by atoms with E-state index in [0.29, 0.717) is 47.8 Å². The van der Waals surface area contributed by atoms with Crippen LogP contribution in [-0.4, -0.2) is 41.9 Å². The molecule has 1 atom stereocenters. The molecule has 184 valence electrons. The summed E-state index contributed by atoms with van der Waals surface area (Å²) in [6.45, 7) is 2.97. The maximum absolute atomic E-state index is 12.9. The summed E-state index contributed by atoms with van der Waals surface area (Å²) < 4.78 is 11.6. The van der Waals surface area contributed by atoms with Gasteiger partial charge in [-0.3, -0.25) is 19.3 Å². The first-order valence-corrected chi connectivity index (χ1v) is 12.2. The summed E-state index contributed by atoms with van der Waals surface area (Å²) in [5, 5.41) is 2.91. The number of amides is 3. The number of imide groups is 1. The number of nitrogens with one attached hydrogen (secondary N) is 1. The molecule has 5 rings (SSSR count). The molecule has 2 aliphatic rings. The Kier molecular flexibility index (Phi) is 6.82. The Labute approximate surface area is 210 Å². The van der Waals surface area contributed by atoms with Gasteiger partial charge in [0.15, 0.2) is 0 Å². The number of carbonyl (C=O) groups is 3. The molecule has 0 saturated carbocycles. The highest BCUT2D eigenvalue weighted by atomic mass is 16.5. The van der Waals surface area contributed by atoms with Crippen LogP contribution in [0.15, 0.2) is 66.7 Å². The normalized spacial score (nSPS) is 16.8. The van der Waals surface area contributed by atoms with Crippen molar-refractivity contribution in [3.05, 3.63) is 89.0 Å². The second-order valence-corrected chi connectivity index (χ2v) is 9.23. The Bertz CT molecular complexity index is 1300. The van der Waals surface area contributed by atoms with E-state index in [1.54, 1.807) is 42.5 Å². The standard InChI is InChI=1S/C29H28N2O5/c1-19-7-9-20(10-8-19)11-14-27(32)30-21-4-2-5-22(16-21)36-23-12-13-25-26(17-23)29(34)31(28(25)33)18-24-6-3-15-35-24/h2,4-5,7-10,12-13,16-17,24H,3,6,11,14-15,18H2,1H3,(H,30,32). The molecule has 0 radical (unpaired) electrons. The van der Waals surface area contributed by atoms with Gasteiger partial charge in [-0.1, -0.05) is 35.9 Å². The van der Waals surface area contributed by atoms with Crippen LogP contribution in [0.1, 0.15) is 51.1 Å². The number of nitrogens with zero attached hydrogens (tertiary/aromatic N) is 1. The van der Waals surface area contributed by atoms with E-state index in [0.717, 1.165) is 18.4 Å². The number of ether oxygens (including phenoxy) is 2. The van der Waals surface area contributed by atoms with Gasteiger partial charge in [-0.2, -0.15) is 0 Å². The molecule has 3 aromatic rings. The van der Waals surface area contributed by atoms with Crippen LogP contribution in [0.3, 0.4) is 0 Å². The Balaban J connectivity index is 1.21. The second-order valence-electron chi connectivity index (χ2n) is 9.23. The zero-order chi connectivity index (χ0) is 25.1. The second kappa shape index (κ2) is 10.3. The monoisotopic (exact) mass is 484 g/mol. The zero-order valence-corrected chi connectivity index (χ0v) is 20.2. The fourth-order valence-corrected chi connectivity index (χ4v) is 4.50. The minimum Gasteiger partial charge on any atom is -0.457 e. The number of fused-ring (bicyclic) bond motifs is 1. The lowest BCUT2D eigenvalue weighted by Crippen LogP contribution is -2.36. The number of anilines is 1. The number of aryl methyl sites for hydroxylation is 2. The first-order chi connectivity index (χ1) is 17.5. The molecule has 2 aliphatic heterocycles. The van der Waals surface area contributed by atoms with Crippen molar-refractivity contribution >= 4 is 23.4 Å². The molecule has 0 bridgehead atoms. The van der Waals surface area contributed by atoms with Gasteiger partial charge in [0.2, 0.25) is 5.91 Å². The van der Waals surface area contributed by atoms with Crippen molar-refractivity contribution in [2.24, 2.45) is 0 Å². The highest BCUT2D eigenvalue weighted by Crippen LogP contribution is 2.31. The molecule has 3 aromatic carbocycles. The van der Waals surface area contributed by atoms with Crippen molar-refractivity contribution in [1.82, 2.24) is 4.90 Å². The molecule has 36 heavy (non-hydrogen) atoms. The topological polar surface area (TPSA) is 84.9 Å². The zero-order valence-electron chi connectivity index (χ0n) is 20.2. The third kappa shape index (κ3) is 5.31. The van der Waals surface area contributed by atoms with Crippen LogP contribution in [0.5, 0.6) is 11.5 Å². The molecule has 1 unspecified atom stereocenters. The Morgan fingerprint density at radius 3 is 2.56 bits per heavy atom. The van der Waals surface area contributed by atoms with Crippen molar-refractivity contribution in [1.29, 1.82) is 0 Å². The molecule has 7 nitrogen and oxygen atoms in total. The molecule has 7 heteroatoms. The smallest absolute Gasteiger partial charge is 0.261 e. The van der Waals surface area contributed by atoms with Crippen molar-refractivity contribution < 1.29 is 23.9 Å². The average molecular weight is 485 g/mol. The molecular weight excluding hydrogens is 456 g/mol. The van der Waals surface area contributed by atoms with Gasteiger partial charge in [-0.15, -0.1) is 0 Å². The lowest BCUT2D eigenvalue weighted by Gasteiger charge is -2.17. The van der Waals surface area contributed by atoms with E-state index >= 15 is 0 Å². The maximum atomic E-state index is 12.9. The van der Waals surface area contributed by atoms with Gasteiger partial charge in [0, 0.05) is 24.8 Å². The maximum Gasteiger partial charge on any atom is 0.261 e. The van der Waals surface area contributed by atoms with E-state index in [1.807, 2.05) is 31.2 Å². The molecule has 1 fully saturated rings. The molecule has 3 amide bonds. The minimum atomic E-state index is -0.328. The van der Waals surface area contributed by atoms with Gasteiger partial charge in [0.25, 0.3) is 11.8 Å². The van der Waals surface area contributed by atoms with Crippen LogP contribution >= 0.6 is 0 Å². The van der Waals surface area contributed by atoms with Crippen molar-refractivity contribution in [2.75, 3.05) is 18.5 Å². The summed E-state index contributed by atoms with van der Waals surface area (Å²) in [4.78, 5) is 39.3. The predicted molar refractivity (Wildman–Crippen MR) is 135 cm³/mol. The minimum absolute atomic E-state index is 0.0827. The first-order valence-electron chi connectivity index (χ1n) is 12.2. The lowest BCUT2D eigenvalue weighted by molar-refractivity contribution is -0.116. The number of benzene rings is 3. The van der Waals surface area contributed by atoms with Gasteiger partial charge >= 0.3 is 0 Å². The summed E-state index contributed by atoms with van der Waals surface area (Å²) >= 11 is 0. The average Bonchev–Trinajstić information content (AvgIpc) is 3.47. The Morgan fingerprint density at radius 1 is 1.00 bits per heavy atom. The van der Waals surface area contributed by atoms with Gasteiger partial charge in [0.1, 0.15) is 11.5 Å². The van der Waals surface area contributed by atoms with E-state index < -0.39 is 0 Å². The highest BCUT2D eigenvalue weighted by Gasteiger charge is 2.37. The van der Waals surface area contributed by atoms with Crippen LogP contribution in [0.4, 0.5) is 5.69 Å². The Hall–Kier alpha value is -3.97. The first kappa shape index (κ1) is 23.8. The summed E-state index contributed by atoms with van der Waals surface area (Å²) in [5.74, 6) is 0.245. The summed E-state index contributed by atoms with van der Waals surface area (Å²) in [6, 6.07) is 20.1. The van der Waals surface area contributed by atoms with Crippen LogP contribution in [0.2, 0.25) is 0 Å². The molecule has 0 aromatic heterocycles. The van der Waals surface area contributed by atoms with Crippen LogP contribution < -0.4 is 10.1 Å². The molecule has 1 saturated heterocycles. The largest absolute Gasteiger partial charge is 0.457 e. The lowest BCUT2D eigenvalue weighted by atomic mass is 10.1. The van der Waals surface area contributed by atoms with E-state index in [1.165, 1.54) is 10.5 Å². The number of rotatable bonds is 8. The van der Waals surface area contributed by atoms with Gasteiger partial charge in [-0.25, -0.2) is 0 Å². The van der Waals surface area contributed by atoms with E-state index in [-0.39, 0.29) is 30.4 Å². The van der Waals surface area contributed by atoms with E-state index in [2.05, 4.69) is 5.32 Å². The van der Waals surface area contributed by atoms with Gasteiger partial charge in [0.05, 0.1) is 23.8 Å². The van der Waals surface area contributed by atoms with Crippen LogP contribution in [0, 0.1) is 6.92 Å². The highest BCUT2D eigenvalue weighted by molar-refractivity contribution is 6.21. The number of hydrogen-bond acceptors (Lipinski definition) is 5. The SMILES string of the molecule is Cc1ccc(CCC(=O)Nc2cccc(Oc3ccc4c(c3)C(=O)N(CC3CCCO3)C4=O)c2)cc1. The van der Waals surface area contributed by atoms with Crippen LogP contribution in [-0.2, 0) is 16.0 Å². The van der Waals surface area contributed by atoms with Crippen molar-refractivity contribution in [3.63, 3.8) is 0 Å². The quantitative estimate of drug-likeness (QED) is 0.448. The van der Waals surface area contributed by atoms with E-state index in [9.17, 15) is 14.4 Å². The van der Waals surface area contributed by atoms with E-state index in [4.69, 9.17) is 9.47 Å². The fraction of sp³-hybridized carbons (Fsp3) is 0.276. The van der Waals surface area contributed by atoms with Crippen LogP contribution in [0.25, 0.3) is 0 Å². The molecule has 0 spiro atoms. The van der Waals surface area contributed by atoms with Gasteiger partial charge < -0.3 is 14.8 Å².